The third-order valence-electron chi connectivity index (χ3n) is 7.72. The summed E-state index contributed by atoms with van der Waals surface area (Å²) in [7, 11) is 1.62. The van der Waals surface area contributed by atoms with Crippen LogP contribution in [0.15, 0.2) is 67.0 Å². The summed E-state index contributed by atoms with van der Waals surface area (Å²) in [4.78, 5) is 6.26. The van der Waals surface area contributed by atoms with E-state index in [0.717, 1.165) is 40.7 Å². The molecule has 214 valence electrons. The summed E-state index contributed by atoms with van der Waals surface area (Å²) in [6, 6.07) is 19.6. The van der Waals surface area contributed by atoms with Gasteiger partial charge in [0.2, 0.25) is 0 Å². The third-order valence-corrected chi connectivity index (χ3v) is 8.41. The Balaban J connectivity index is 1.28. The number of hydrogen-bond acceptors (Lipinski definition) is 7. The summed E-state index contributed by atoms with van der Waals surface area (Å²) in [6.45, 7) is 2.01. The molecule has 9 heteroatoms. The quantitative estimate of drug-likeness (QED) is 0.227. The fraction of sp³-hybridized carbons (Fsp3) is 0.273. The van der Waals surface area contributed by atoms with Crippen LogP contribution in [0, 0.1) is 11.3 Å². The Morgan fingerprint density at radius 2 is 1.83 bits per heavy atom. The summed E-state index contributed by atoms with van der Waals surface area (Å²) in [6.07, 6.45) is 4.32. The van der Waals surface area contributed by atoms with E-state index in [1.165, 1.54) is 11.8 Å². The molecule has 1 aliphatic heterocycles. The van der Waals surface area contributed by atoms with Gasteiger partial charge < -0.3 is 19.3 Å². The van der Waals surface area contributed by atoms with Crippen LogP contribution in [0.5, 0.6) is 17.2 Å². The fourth-order valence-corrected chi connectivity index (χ4v) is 6.18. The van der Waals surface area contributed by atoms with Crippen molar-refractivity contribution in [2.45, 2.75) is 38.2 Å². The number of ether oxygens (including phenoxy) is 3. The Morgan fingerprint density at radius 1 is 1.02 bits per heavy atom. The number of aliphatic hydroxyl groups excluding tert-OH is 1. The van der Waals surface area contributed by atoms with Crippen molar-refractivity contribution in [2.24, 2.45) is 0 Å². The predicted molar refractivity (Wildman–Crippen MR) is 161 cm³/mol. The minimum absolute atomic E-state index is 0.192. The monoisotopic (exact) mass is 601 g/mol. The number of rotatable bonds is 9. The van der Waals surface area contributed by atoms with Crippen LogP contribution in [0.2, 0.25) is 10.0 Å². The number of fused-ring (bicyclic) bond motifs is 1. The SMILES string of the molecule is COc1cccc(-c2cccc3c2CC[C@@H]3Oc2cc(OCc3cncc(C#N)c3)c(CN3CC(O)C3)cc2Cl)c1Cl. The van der Waals surface area contributed by atoms with E-state index in [9.17, 15) is 10.4 Å². The second-order valence-corrected chi connectivity index (χ2v) is 11.3. The first-order chi connectivity index (χ1) is 20.4. The van der Waals surface area contributed by atoms with Gasteiger partial charge in [-0.2, -0.15) is 5.26 Å². The lowest BCUT2D eigenvalue weighted by molar-refractivity contribution is -0.00335. The number of aliphatic hydroxyl groups is 1. The summed E-state index contributed by atoms with van der Waals surface area (Å²) >= 11 is 13.5. The molecule has 3 aromatic carbocycles. The molecule has 0 amide bonds. The van der Waals surface area contributed by atoms with Gasteiger partial charge in [-0.15, -0.1) is 0 Å². The number of nitriles is 1. The first kappa shape index (κ1) is 28.3. The van der Waals surface area contributed by atoms with Gasteiger partial charge in [-0.25, -0.2) is 0 Å². The second kappa shape index (κ2) is 12.2. The number of methoxy groups -OCH3 is 1. The summed E-state index contributed by atoms with van der Waals surface area (Å²) in [5, 5.41) is 20.1. The maximum atomic E-state index is 9.77. The Morgan fingerprint density at radius 3 is 2.62 bits per heavy atom. The molecule has 1 N–H and O–H groups in total. The van der Waals surface area contributed by atoms with E-state index in [2.05, 4.69) is 28.1 Å². The molecule has 0 saturated carbocycles. The number of benzene rings is 3. The number of halogens is 2. The summed E-state index contributed by atoms with van der Waals surface area (Å²) in [5.74, 6) is 1.80. The van der Waals surface area contributed by atoms with Crippen molar-refractivity contribution in [3.63, 3.8) is 0 Å². The highest BCUT2D eigenvalue weighted by atomic mass is 35.5. The average molecular weight is 603 g/mol. The molecule has 0 bridgehead atoms. The molecule has 1 saturated heterocycles. The Hall–Kier alpha value is -3.80. The van der Waals surface area contributed by atoms with Gasteiger partial charge in [0.1, 0.15) is 36.0 Å². The number of hydrogen-bond donors (Lipinski definition) is 1. The van der Waals surface area contributed by atoms with Crippen molar-refractivity contribution in [3.8, 4) is 34.4 Å². The maximum Gasteiger partial charge on any atom is 0.142 e. The Labute approximate surface area is 254 Å². The number of nitrogens with zero attached hydrogens (tertiary/aromatic N) is 3. The van der Waals surface area contributed by atoms with E-state index < -0.39 is 0 Å². The van der Waals surface area contributed by atoms with Crippen LogP contribution in [-0.2, 0) is 19.6 Å². The van der Waals surface area contributed by atoms with E-state index >= 15 is 0 Å². The van der Waals surface area contributed by atoms with E-state index in [1.54, 1.807) is 19.4 Å². The van der Waals surface area contributed by atoms with Crippen LogP contribution in [-0.4, -0.2) is 41.3 Å². The second-order valence-electron chi connectivity index (χ2n) is 10.6. The van der Waals surface area contributed by atoms with Crippen LogP contribution in [0.1, 0.15) is 40.3 Å². The lowest BCUT2D eigenvalue weighted by atomic mass is 9.96. The number of pyridine rings is 1. The molecular formula is C33H29Cl2N3O4. The highest BCUT2D eigenvalue weighted by Gasteiger charge is 2.29. The van der Waals surface area contributed by atoms with Gasteiger partial charge in [-0.1, -0.05) is 53.5 Å². The minimum atomic E-state index is -0.313. The van der Waals surface area contributed by atoms with Crippen molar-refractivity contribution in [1.29, 1.82) is 5.26 Å². The molecule has 6 rings (SSSR count). The van der Waals surface area contributed by atoms with Gasteiger partial charge in [-0.3, -0.25) is 9.88 Å². The van der Waals surface area contributed by atoms with Gasteiger partial charge in [0, 0.05) is 54.8 Å². The summed E-state index contributed by atoms with van der Waals surface area (Å²) in [5.41, 5.74) is 6.44. The molecule has 1 aliphatic carbocycles. The van der Waals surface area contributed by atoms with Crippen LogP contribution in [0.3, 0.4) is 0 Å². The molecule has 7 nitrogen and oxygen atoms in total. The van der Waals surface area contributed by atoms with Crippen LogP contribution < -0.4 is 14.2 Å². The van der Waals surface area contributed by atoms with Gasteiger partial charge in [0.25, 0.3) is 0 Å². The zero-order valence-corrected chi connectivity index (χ0v) is 24.5. The molecule has 2 heterocycles. The van der Waals surface area contributed by atoms with Crippen LogP contribution in [0.25, 0.3) is 11.1 Å². The molecule has 1 atom stereocenters. The van der Waals surface area contributed by atoms with Gasteiger partial charge in [-0.05, 0) is 47.7 Å². The summed E-state index contributed by atoms with van der Waals surface area (Å²) < 4.78 is 18.3. The predicted octanol–water partition coefficient (Wildman–Crippen LogP) is 6.76. The number of likely N-dealkylation sites (tertiary alicyclic amines) is 1. The smallest absolute Gasteiger partial charge is 0.142 e. The number of β-amino-alcohol motifs (C(OH)–C–C–N with tert-alkyl or cyclic N) is 1. The van der Waals surface area contributed by atoms with E-state index in [-0.39, 0.29) is 18.8 Å². The Kier molecular flexibility index (Phi) is 8.23. The van der Waals surface area contributed by atoms with Gasteiger partial charge in [0.15, 0.2) is 0 Å². The zero-order chi connectivity index (χ0) is 29.2. The zero-order valence-electron chi connectivity index (χ0n) is 23.0. The molecule has 1 fully saturated rings. The first-order valence-electron chi connectivity index (χ1n) is 13.7. The normalized spacial score (nSPS) is 16.4. The molecule has 0 spiro atoms. The molecule has 0 radical (unpaired) electrons. The maximum absolute atomic E-state index is 9.77. The molecule has 2 aliphatic rings. The lowest BCUT2D eigenvalue weighted by Crippen LogP contribution is -2.49. The molecule has 1 aromatic heterocycles. The highest BCUT2D eigenvalue weighted by Crippen LogP contribution is 2.45. The largest absolute Gasteiger partial charge is 0.495 e. The van der Waals surface area contributed by atoms with E-state index in [0.29, 0.717) is 52.5 Å². The van der Waals surface area contributed by atoms with Gasteiger partial charge in [0.05, 0.1) is 28.8 Å². The topological polar surface area (TPSA) is 87.8 Å². The van der Waals surface area contributed by atoms with Crippen LogP contribution >= 0.6 is 23.2 Å². The van der Waals surface area contributed by atoms with Crippen molar-refractivity contribution in [3.05, 3.63) is 105 Å². The first-order valence-corrected chi connectivity index (χ1v) is 14.5. The fourth-order valence-electron chi connectivity index (χ4n) is 5.65. The van der Waals surface area contributed by atoms with Crippen molar-refractivity contribution >= 4 is 23.2 Å². The highest BCUT2D eigenvalue weighted by molar-refractivity contribution is 6.35. The molecular weight excluding hydrogens is 573 g/mol. The van der Waals surface area contributed by atoms with Crippen LogP contribution in [0.4, 0.5) is 0 Å². The van der Waals surface area contributed by atoms with Crippen molar-refractivity contribution in [1.82, 2.24) is 9.88 Å². The lowest BCUT2D eigenvalue weighted by Gasteiger charge is -2.36. The average Bonchev–Trinajstić information content (AvgIpc) is 3.40. The van der Waals surface area contributed by atoms with E-state index in [4.69, 9.17) is 37.4 Å². The van der Waals surface area contributed by atoms with E-state index in [1.807, 2.05) is 36.4 Å². The minimum Gasteiger partial charge on any atom is -0.495 e. The van der Waals surface area contributed by atoms with Crippen molar-refractivity contribution < 1.29 is 19.3 Å². The molecule has 42 heavy (non-hydrogen) atoms. The number of aromatic nitrogens is 1. The molecule has 0 unspecified atom stereocenters. The third kappa shape index (κ3) is 5.77. The standard InChI is InChI=1S/C33H29Cl2N3O4/c1-40-30-7-3-6-27(33(30)35)24-4-2-5-26-25(24)8-9-29(26)42-32-12-31(41-19-21-10-20(13-36)14-37-15-21)22(11-28(32)34)16-38-17-23(39)18-38/h2-7,10-12,14-15,23,29,39H,8-9,16-19H2,1H3/t29-/m0/s1. The van der Waals surface area contributed by atoms with Gasteiger partial charge >= 0.3 is 0 Å². The molecule has 4 aromatic rings. The Bertz CT molecular complexity index is 1670. The van der Waals surface area contributed by atoms with Crippen molar-refractivity contribution in [2.75, 3.05) is 20.2 Å².